The molecule has 0 saturated carbocycles. The minimum atomic E-state index is -1.02. The van der Waals surface area contributed by atoms with Crippen molar-refractivity contribution in [3.05, 3.63) is 47.2 Å². The number of pyridine rings is 1. The zero-order valence-electron chi connectivity index (χ0n) is 13.3. The highest BCUT2D eigenvalue weighted by atomic mass is 19.1. The number of hydrogen-bond acceptors (Lipinski definition) is 3. The lowest BCUT2D eigenvalue weighted by molar-refractivity contribution is -0.0701. The van der Waals surface area contributed by atoms with Crippen LogP contribution >= 0.6 is 0 Å². The summed E-state index contributed by atoms with van der Waals surface area (Å²) in [6, 6.07) is 5.51. The quantitative estimate of drug-likeness (QED) is 0.838. The molecule has 0 radical (unpaired) electrons. The van der Waals surface area contributed by atoms with Crippen molar-refractivity contribution in [3.63, 3.8) is 0 Å². The molecule has 1 aliphatic rings. The second-order valence-electron chi connectivity index (χ2n) is 6.94. The van der Waals surface area contributed by atoms with Crippen molar-refractivity contribution in [3.8, 4) is 17.0 Å². The van der Waals surface area contributed by atoms with Crippen molar-refractivity contribution in [1.29, 1.82) is 0 Å². The van der Waals surface area contributed by atoms with Gasteiger partial charge in [0, 0.05) is 16.8 Å². The van der Waals surface area contributed by atoms with Gasteiger partial charge in [-0.2, -0.15) is 0 Å². The van der Waals surface area contributed by atoms with Crippen molar-refractivity contribution < 1.29 is 19.0 Å². The summed E-state index contributed by atoms with van der Waals surface area (Å²) in [5.41, 5.74) is 0.859. The third kappa shape index (κ3) is 2.39. The molecule has 0 amide bonds. The van der Waals surface area contributed by atoms with Crippen LogP contribution in [-0.2, 0) is 12.0 Å². The number of phenols is 1. The van der Waals surface area contributed by atoms with Gasteiger partial charge in [0.1, 0.15) is 0 Å². The normalized spacial score (nSPS) is 22.7. The Balaban J connectivity index is 2.10. The molecule has 0 fully saturated rings. The molecule has 3 rings (SSSR count). The Morgan fingerprint density at radius 3 is 2.30 bits per heavy atom. The van der Waals surface area contributed by atoms with Crippen LogP contribution in [0.5, 0.6) is 5.75 Å². The van der Waals surface area contributed by atoms with Gasteiger partial charge in [0.2, 0.25) is 0 Å². The van der Waals surface area contributed by atoms with Crippen LogP contribution in [-0.4, -0.2) is 15.2 Å². The Hall–Kier alpha value is -2.01. The first-order chi connectivity index (χ1) is 10.6. The third-order valence-corrected chi connectivity index (χ3v) is 5.12. The number of aliphatic hydroxyl groups is 1. The second-order valence-corrected chi connectivity index (χ2v) is 6.94. The molecule has 1 aromatic carbocycles. The van der Waals surface area contributed by atoms with Gasteiger partial charge in [0.15, 0.2) is 17.4 Å². The Kier molecular flexibility index (Phi) is 3.45. The van der Waals surface area contributed by atoms with Crippen molar-refractivity contribution in [1.82, 2.24) is 4.98 Å². The molecule has 2 aromatic rings. The van der Waals surface area contributed by atoms with E-state index >= 15 is 0 Å². The predicted octanol–water partition coefficient (Wildman–Crippen LogP) is 3.91. The number of benzene rings is 1. The summed E-state index contributed by atoms with van der Waals surface area (Å²) in [4.78, 5) is 4.48. The monoisotopic (exact) mass is 319 g/mol. The molecular formula is C18H19F2NO2. The Labute approximate surface area is 133 Å². The lowest BCUT2D eigenvalue weighted by Gasteiger charge is -2.45. The first-order valence-corrected chi connectivity index (χ1v) is 7.54. The van der Waals surface area contributed by atoms with Crippen molar-refractivity contribution >= 4 is 0 Å². The van der Waals surface area contributed by atoms with E-state index in [0.29, 0.717) is 12.1 Å². The average Bonchev–Trinajstić information content (AvgIpc) is 2.48. The van der Waals surface area contributed by atoms with Gasteiger partial charge in [0.05, 0.1) is 11.3 Å². The number of rotatable bonds is 1. The summed E-state index contributed by atoms with van der Waals surface area (Å²) in [7, 11) is 0. The van der Waals surface area contributed by atoms with Crippen molar-refractivity contribution in [2.24, 2.45) is 5.41 Å². The van der Waals surface area contributed by atoms with Crippen LogP contribution in [0.15, 0.2) is 24.3 Å². The van der Waals surface area contributed by atoms with E-state index in [0.717, 1.165) is 29.8 Å². The van der Waals surface area contributed by atoms with Crippen LogP contribution in [0, 0.1) is 17.0 Å². The van der Waals surface area contributed by atoms with Crippen molar-refractivity contribution in [2.45, 2.75) is 39.2 Å². The molecule has 0 saturated heterocycles. The van der Waals surface area contributed by atoms with E-state index < -0.39 is 23.0 Å². The van der Waals surface area contributed by atoms with Gasteiger partial charge in [-0.1, -0.05) is 19.9 Å². The number of hydrogen-bond donors (Lipinski definition) is 2. The van der Waals surface area contributed by atoms with Crippen LogP contribution in [0.25, 0.3) is 11.3 Å². The van der Waals surface area contributed by atoms with Crippen LogP contribution in [0.4, 0.5) is 8.78 Å². The Bertz CT molecular complexity index is 762. The van der Waals surface area contributed by atoms with Gasteiger partial charge in [0.25, 0.3) is 0 Å². The van der Waals surface area contributed by atoms with E-state index in [1.54, 1.807) is 19.1 Å². The first kappa shape index (κ1) is 15.9. The zero-order valence-corrected chi connectivity index (χ0v) is 13.3. The fourth-order valence-corrected chi connectivity index (χ4v) is 3.05. The number of phenolic OH excluding ortho intramolecular Hbond substituents is 1. The van der Waals surface area contributed by atoms with E-state index in [2.05, 4.69) is 4.98 Å². The van der Waals surface area contributed by atoms with Crippen molar-refractivity contribution in [2.75, 3.05) is 0 Å². The summed E-state index contributed by atoms with van der Waals surface area (Å²) in [6.45, 7) is 5.79. The summed E-state index contributed by atoms with van der Waals surface area (Å²) in [5.74, 6) is -3.03. The summed E-state index contributed by atoms with van der Waals surface area (Å²) < 4.78 is 27.1. The Morgan fingerprint density at radius 1 is 1.09 bits per heavy atom. The number of fused-ring (bicyclic) bond motifs is 1. The minimum Gasteiger partial charge on any atom is -0.503 e. The molecule has 1 atom stereocenters. The van der Waals surface area contributed by atoms with Crippen LogP contribution in [0.3, 0.4) is 0 Å². The maximum Gasteiger partial charge on any atom is 0.187 e. The topological polar surface area (TPSA) is 53.4 Å². The lowest BCUT2D eigenvalue weighted by atomic mass is 9.65. The lowest BCUT2D eigenvalue weighted by Crippen LogP contribution is -2.43. The van der Waals surface area contributed by atoms with Gasteiger partial charge in [-0.3, -0.25) is 4.98 Å². The minimum absolute atomic E-state index is 0.255. The summed E-state index contributed by atoms with van der Waals surface area (Å²) in [6.07, 6.45) is 1.46. The van der Waals surface area contributed by atoms with E-state index in [1.807, 2.05) is 13.8 Å². The molecular weight excluding hydrogens is 300 g/mol. The van der Waals surface area contributed by atoms with E-state index in [-0.39, 0.29) is 11.0 Å². The van der Waals surface area contributed by atoms with E-state index in [4.69, 9.17) is 0 Å². The molecule has 122 valence electrons. The fourth-order valence-electron chi connectivity index (χ4n) is 3.05. The SMILES string of the molecule is CC1(C)CCc2nc(-c3cc(F)c(O)c(F)c3)ccc2C1(C)O. The zero-order chi connectivity index (χ0) is 17.0. The number of nitrogens with zero attached hydrogens (tertiary/aromatic N) is 1. The number of halogens is 2. The van der Waals surface area contributed by atoms with Gasteiger partial charge < -0.3 is 10.2 Å². The maximum atomic E-state index is 13.5. The largest absolute Gasteiger partial charge is 0.503 e. The molecule has 2 N–H and O–H groups in total. The molecule has 1 aliphatic carbocycles. The molecule has 23 heavy (non-hydrogen) atoms. The summed E-state index contributed by atoms with van der Waals surface area (Å²) >= 11 is 0. The molecule has 5 heteroatoms. The molecule has 3 nitrogen and oxygen atoms in total. The highest BCUT2D eigenvalue weighted by Crippen LogP contribution is 2.47. The molecule has 0 aliphatic heterocycles. The summed E-state index contributed by atoms with van der Waals surface area (Å²) in [5, 5.41) is 20.0. The van der Waals surface area contributed by atoms with Crippen LogP contribution in [0.2, 0.25) is 0 Å². The van der Waals surface area contributed by atoms with Gasteiger partial charge >= 0.3 is 0 Å². The van der Waals surface area contributed by atoms with E-state index in [9.17, 15) is 19.0 Å². The van der Waals surface area contributed by atoms with Crippen LogP contribution in [0.1, 0.15) is 38.4 Å². The van der Waals surface area contributed by atoms with Gasteiger partial charge in [-0.25, -0.2) is 8.78 Å². The second kappa shape index (κ2) is 4.99. The first-order valence-electron chi connectivity index (χ1n) is 7.54. The maximum absolute atomic E-state index is 13.5. The molecule has 1 heterocycles. The standard InChI is InChI=1S/C18H19F2NO2/c1-17(2)7-6-15-11(18(17,3)23)4-5-14(21-15)10-8-12(19)16(22)13(20)9-10/h4-5,8-9,22-23H,6-7H2,1-3H3. The third-order valence-electron chi connectivity index (χ3n) is 5.12. The number of aryl methyl sites for hydroxylation is 1. The predicted molar refractivity (Wildman–Crippen MR) is 82.9 cm³/mol. The van der Waals surface area contributed by atoms with Crippen LogP contribution < -0.4 is 0 Å². The van der Waals surface area contributed by atoms with E-state index in [1.165, 1.54) is 0 Å². The number of aromatic hydroxyl groups is 1. The average molecular weight is 319 g/mol. The number of aromatic nitrogens is 1. The fraction of sp³-hybridized carbons (Fsp3) is 0.389. The highest BCUT2D eigenvalue weighted by molar-refractivity contribution is 5.61. The molecule has 0 spiro atoms. The molecule has 1 aromatic heterocycles. The Morgan fingerprint density at radius 2 is 1.70 bits per heavy atom. The molecule has 1 unspecified atom stereocenters. The van der Waals surface area contributed by atoms with Gasteiger partial charge in [-0.05, 0) is 43.4 Å². The van der Waals surface area contributed by atoms with Gasteiger partial charge in [-0.15, -0.1) is 0 Å². The smallest absolute Gasteiger partial charge is 0.187 e. The highest BCUT2D eigenvalue weighted by Gasteiger charge is 2.45. The molecule has 0 bridgehead atoms.